The molecular weight excluding hydrogens is 285 g/mol. The van der Waals surface area contributed by atoms with Crippen molar-refractivity contribution >= 4 is 28.2 Å². The average Bonchev–Trinajstić information content (AvgIpc) is 2.77. The fraction of sp³-hybridized carbons (Fsp3) is 0.333. The first-order chi connectivity index (χ1) is 8.99. The van der Waals surface area contributed by atoms with Crippen molar-refractivity contribution in [3.63, 3.8) is 0 Å². The molecule has 102 valence electrons. The number of aliphatic hydroxyl groups excluding tert-OH is 1. The molecular formula is C12H14FN3OS2. The third-order valence-corrected chi connectivity index (χ3v) is 4.62. The van der Waals surface area contributed by atoms with Gasteiger partial charge in [-0.05, 0) is 19.1 Å². The van der Waals surface area contributed by atoms with Gasteiger partial charge in [-0.3, -0.25) is 0 Å². The first kappa shape index (κ1) is 14.2. The zero-order valence-electron chi connectivity index (χ0n) is 10.8. The summed E-state index contributed by atoms with van der Waals surface area (Å²) in [6, 6.07) is 4.74. The maximum Gasteiger partial charge on any atom is 0.208 e. The number of nitrogens with zero attached hydrogens (tertiary/aromatic N) is 3. The number of benzene rings is 1. The minimum absolute atomic E-state index is 0.300. The van der Waals surface area contributed by atoms with Crippen LogP contribution in [-0.2, 0) is 0 Å². The fourth-order valence-corrected chi connectivity index (χ4v) is 3.49. The first-order valence-electron chi connectivity index (χ1n) is 5.64. The van der Waals surface area contributed by atoms with E-state index < -0.39 is 11.9 Å². The minimum Gasteiger partial charge on any atom is -0.389 e. The van der Waals surface area contributed by atoms with Gasteiger partial charge in [0.25, 0.3) is 0 Å². The van der Waals surface area contributed by atoms with Crippen molar-refractivity contribution in [1.29, 1.82) is 0 Å². The van der Waals surface area contributed by atoms with Gasteiger partial charge < -0.3 is 10.0 Å². The summed E-state index contributed by atoms with van der Waals surface area (Å²) in [4.78, 5) is 2.53. The van der Waals surface area contributed by atoms with Crippen LogP contribution in [0.1, 0.15) is 18.6 Å². The predicted molar refractivity (Wildman–Crippen MR) is 75.4 cm³/mol. The number of halogens is 1. The Morgan fingerprint density at radius 1 is 1.37 bits per heavy atom. The Hall–Kier alpha value is -1.18. The smallest absolute Gasteiger partial charge is 0.208 e. The van der Waals surface area contributed by atoms with Crippen molar-refractivity contribution in [2.75, 3.05) is 19.0 Å². The summed E-state index contributed by atoms with van der Waals surface area (Å²) >= 11 is 2.74. The van der Waals surface area contributed by atoms with E-state index in [-0.39, 0.29) is 0 Å². The van der Waals surface area contributed by atoms with E-state index in [0.29, 0.717) is 10.5 Å². The van der Waals surface area contributed by atoms with Gasteiger partial charge in [0.05, 0.1) is 6.10 Å². The van der Waals surface area contributed by atoms with Gasteiger partial charge in [0.2, 0.25) is 5.13 Å². The second-order valence-electron chi connectivity index (χ2n) is 4.17. The first-order valence-corrected chi connectivity index (χ1v) is 7.27. The molecule has 2 rings (SSSR count). The highest BCUT2D eigenvalue weighted by Gasteiger charge is 2.16. The standard InChI is InChI=1S/C12H14FN3OS2/c1-7(17)10-8(13)5-4-6-9(10)18-12-15-14-11(19-12)16(2)3/h4-7,17H,1-3H3. The third-order valence-electron chi connectivity index (χ3n) is 2.41. The van der Waals surface area contributed by atoms with Gasteiger partial charge in [0.15, 0.2) is 4.34 Å². The fourth-order valence-electron chi connectivity index (χ4n) is 1.53. The largest absolute Gasteiger partial charge is 0.389 e. The van der Waals surface area contributed by atoms with Crippen LogP contribution in [-0.4, -0.2) is 29.4 Å². The Morgan fingerprint density at radius 3 is 2.68 bits per heavy atom. The van der Waals surface area contributed by atoms with Crippen LogP contribution in [0.5, 0.6) is 0 Å². The molecule has 0 saturated heterocycles. The summed E-state index contributed by atoms with van der Waals surface area (Å²) in [5, 5.41) is 18.5. The number of hydrogen-bond donors (Lipinski definition) is 1. The summed E-state index contributed by atoms with van der Waals surface area (Å²) in [6.45, 7) is 1.55. The molecule has 19 heavy (non-hydrogen) atoms. The minimum atomic E-state index is -0.857. The lowest BCUT2D eigenvalue weighted by molar-refractivity contribution is 0.191. The Morgan fingerprint density at radius 2 is 2.11 bits per heavy atom. The number of aliphatic hydroxyl groups is 1. The van der Waals surface area contributed by atoms with Gasteiger partial charge >= 0.3 is 0 Å². The Labute approximate surface area is 119 Å². The number of rotatable bonds is 4. The van der Waals surface area contributed by atoms with Gasteiger partial charge in [0, 0.05) is 24.6 Å². The van der Waals surface area contributed by atoms with Crippen LogP contribution < -0.4 is 4.90 Å². The summed E-state index contributed by atoms with van der Waals surface area (Å²) in [5.74, 6) is -0.405. The van der Waals surface area contributed by atoms with Crippen LogP contribution in [0, 0.1) is 5.82 Å². The van der Waals surface area contributed by atoms with Crippen LogP contribution in [0.15, 0.2) is 27.4 Å². The second-order valence-corrected chi connectivity index (χ2v) is 6.42. The topological polar surface area (TPSA) is 49.3 Å². The highest BCUT2D eigenvalue weighted by Crippen LogP contribution is 2.37. The van der Waals surface area contributed by atoms with E-state index in [1.807, 2.05) is 19.0 Å². The van der Waals surface area contributed by atoms with Crippen LogP contribution in [0.3, 0.4) is 0 Å². The molecule has 1 aromatic heterocycles. The molecule has 1 N–H and O–H groups in total. The van der Waals surface area contributed by atoms with Crippen molar-refractivity contribution in [3.05, 3.63) is 29.6 Å². The van der Waals surface area contributed by atoms with Gasteiger partial charge in [-0.25, -0.2) is 4.39 Å². The maximum atomic E-state index is 13.7. The van der Waals surface area contributed by atoms with Crippen molar-refractivity contribution in [2.45, 2.75) is 22.3 Å². The van der Waals surface area contributed by atoms with Crippen LogP contribution in [0.2, 0.25) is 0 Å². The molecule has 1 unspecified atom stereocenters. The lowest BCUT2D eigenvalue weighted by Gasteiger charge is -2.11. The summed E-state index contributed by atoms with van der Waals surface area (Å²) < 4.78 is 14.4. The second kappa shape index (κ2) is 5.85. The van der Waals surface area contributed by atoms with E-state index >= 15 is 0 Å². The van der Waals surface area contributed by atoms with Crippen molar-refractivity contribution in [1.82, 2.24) is 10.2 Å². The molecule has 4 nitrogen and oxygen atoms in total. The average molecular weight is 299 g/mol. The molecule has 1 atom stereocenters. The zero-order valence-corrected chi connectivity index (χ0v) is 12.4. The molecule has 0 amide bonds. The normalized spacial score (nSPS) is 12.5. The highest BCUT2D eigenvalue weighted by molar-refractivity contribution is 8.01. The van der Waals surface area contributed by atoms with Gasteiger partial charge in [-0.1, -0.05) is 29.2 Å². The van der Waals surface area contributed by atoms with E-state index in [1.165, 1.54) is 29.2 Å². The SMILES string of the molecule is CC(O)c1c(F)cccc1Sc1nnc(N(C)C)s1. The molecule has 0 fully saturated rings. The van der Waals surface area contributed by atoms with Crippen LogP contribution in [0.25, 0.3) is 0 Å². The Bertz CT molecular complexity index is 572. The van der Waals surface area contributed by atoms with Crippen molar-refractivity contribution in [2.24, 2.45) is 0 Å². The molecule has 0 aliphatic rings. The molecule has 0 spiro atoms. The quantitative estimate of drug-likeness (QED) is 0.940. The van der Waals surface area contributed by atoms with Crippen LogP contribution in [0.4, 0.5) is 9.52 Å². The monoisotopic (exact) mass is 299 g/mol. The van der Waals surface area contributed by atoms with E-state index in [0.717, 1.165) is 9.47 Å². The molecule has 7 heteroatoms. The maximum absolute atomic E-state index is 13.7. The number of anilines is 1. The van der Waals surface area contributed by atoms with Gasteiger partial charge in [0.1, 0.15) is 5.82 Å². The molecule has 0 radical (unpaired) electrons. The third kappa shape index (κ3) is 3.23. The number of hydrogen-bond acceptors (Lipinski definition) is 6. The number of aromatic nitrogens is 2. The molecule has 0 aliphatic carbocycles. The van der Waals surface area contributed by atoms with Gasteiger partial charge in [-0.15, -0.1) is 10.2 Å². The van der Waals surface area contributed by atoms with Crippen molar-refractivity contribution in [3.8, 4) is 0 Å². The lowest BCUT2D eigenvalue weighted by atomic mass is 10.1. The zero-order chi connectivity index (χ0) is 14.0. The molecule has 2 aromatic rings. The summed E-state index contributed by atoms with van der Waals surface area (Å²) in [7, 11) is 3.77. The van der Waals surface area contributed by atoms with E-state index in [2.05, 4.69) is 10.2 Å². The highest BCUT2D eigenvalue weighted by atomic mass is 32.2. The molecule has 0 aliphatic heterocycles. The summed E-state index contributed by atoms with van der Waals surface area (Å²) in [6.07, 6.45) is -0.857. The summed E-state index contributed by atoms with van der Waals surface area (Å²) in [5.41, 5.74) is 0.300. The van der Waals surface area contributed by atoms with E-state index in [4.69, 9.17) is 0 Å². The van der Waals surface area contributed by atoms with Crippen molar-refractivity contribution < 1.29 is 9.50 Å². The predicted octanol–water partition coefficient (Wildman–Crippen LogP) is 2.95. The molecule has 1 aromatic carbocycles. The van der Waals surface area contributed by atoms with Crippen LogP contribution >= 0.6 is 23.1 Å². The van der Waals surface area contributed by atoms with Gasteiger partial charge in [-0.2, -0.15) is 0 Å². The molecule has 1 heterocycles. The Kier molecular flexibility index (Phi) is 4.38. The van der Waals surface area contributed by atoms with E-state index in [1.54, 1.807) is 19.1 Å². The molecule has 0 bridgehead atoms. The Balaban J connectivity index is 2.30. The van der Waals surface area contributed by atoms with E-state index in [9.17, 15) is 9.50 Å². The lowest BCUT2D eigenvalue weighted by Crippen LogP contribution is -2.07. The molecule has 0 saturated carbocycles.